The zero-order chi connectivity index (χ0) is 22.7. The maximum atomic E-state index is 13.1. The lowest BCUT2D eigenvalue weighted by Crippen LogP contribution is -2.34. The van der Waals surface area contributed by atoms with Gasteiger partial charge in [0.15, 0.2) is 17.3 Å². The number of ketones is 1. The minimum atomic E-state index is -0.168. The van der Waals surface area contributed by atoms with Gasteiger partial charge in [-0.05, 0) is 29.7 Å². The molecule has 2 heterocycles. The summed E-state index contributed by atoms with van der Waals surface area (Å²) in [6, 6.07) is 13.4. The first-order valence-corrected chi connectivity index (χ1v) is 11.3. The third kappa shape index (κ3) is 4.49. The highest BCUT2D eigenvalue weighted by atomic mass is 16.5. The van der Waals surface area contributed by atoms with Gasteiger partial charge in [0, 0.05) is 35.5 Å². The molecule has 0 aliphatic carbocycles. The third-order valence-electron chi connectivity index (χ3n) is 5.84. The van der Waals surface area contributed by atoms with E-state index in [1.807, 2.05) is 54.0 Å². The lowest BCUT2D eigenvalue weighted by Gasteiger charge is -2.24. The van der Waals surface area contributed by atoms with E-state index in [-0.39, 0.29) is 30.2 Å². The van der Waals surface area contributed by atoms with Crippen LogP contribution in [0.25, 0.3) is 10.9 Å². The average Bonchev–Trinajstić information content (AvgIpc) is 2.98. The van der Waals surface area contributed by atoms with Gasteiger partial charge in [0.05, 0.1) is 19.3 Å². The lowest BCUT2D eigenvalue weighted by molar-refractivity contribution is -0.122. The molecule has 32 heavy (non-hydrogen) atoms. The maximum absolute atomic E-state index is 13.1. The number of hydrogen-bond acceptors (Lipinski definition) is 4. The Labute approximate surface area is 188 Å². The van der Waals surface area contributed by atoms with Crippen molar-refractivity contribution in [1.82, 2.24) is 9.88 Å². The van der Waals surface area contributed by atoms with Crippen LogP contribution in [0.2, 0.25) is 0 Å². The predicted molar refractivity (Wildman–Crippen MR) is 124 cm³/mol. The van der Waals surface area contributed by atoms with Gasteiger partial charge < -0.3 is 19.4 Å². The van der Waals surface area contributed by atoms with Gasteiger partial charge in [0.25, 0.3) is 0 Å². The summed E-state index contributed by atoms with van der Waals surface area (Å²) in [4.78, 5) is 25.4. The van der Waals surface area contributed by atoms with Gasteiger partial charge in [-0.1, -0.05) is 45.0 Å². The van der Waals surface area contributed by atoms with Crippen LogP contribution in [-0.2, 0) is 11.3 Å². The number of rotatable bonds is 7. The van der Waals surface area contributed by atoms with Crippen LogP contribution < -0.4 is 14.8 Å². The lowest BCUT2D eigenvalue weighted by atomic mass is 9.95. The number of carbonyl (C=O) groups is 2. The molecule has 1 amide bonds. The molecule has 0 bridgehead atoms. The van der Waals surface area contributed by atoms with Crippen molar-refractivity contribution in [3.8, 4) is 11.5 Å². The van der Waals surface area contributed by atoms with Crippen LogP contribution in [0.4, 0.5) is 0 Å². The Kier molecular flexibility index (Phi) is 6.49. The largest absolute Gasteiger partial charge is 0.490 e. The highest BCUT2D eigenvalue weighted by molar-refractivity contribution is 6.08. The van der Waals surface area contributed by atoms with Crippen molar-refractivity contribution in [3.63, 3.8) is 0 Å². The Morgan fingerprint density at radius 1 is 1.06 bits per heavy atom. The van der Waals surface area contributed by atoms with E-state index in [0.29, 0.717) is 25.2 Å². The van der Waals surface area contributed by atoms with Crippen molar-refractivity contribution in [2.45, 2.75) is 46.2 Å². The number of aromatic nitrogens is 1. The molecule has 1 aromatic heterocycles. The number of amides is 1. The molecule has 2 aromatic carbocycles. The van der Waals surface area contributed by atoms with Gasteiger partial charge in [-0.2, -0.15) is 0 Å². The standard InChI is InChI=1S/C26H30N2O4/c1-4-22(29)20-15-28(21-9-6-5-8-19(20)21)16-25(30)27-26(17(2)3)18-10-11-23-24(14-18)32-13-7-12-31-23/h5-6,8-11,14-15,17,26H,4,7,12-13,16H2,1-3H3,(H,27,30). The molecule has 6 nitrogen and oxygen atoms in total. The van der Waals surface area contributed by atoms with Gasteiger partial charge in [0.2, 0.25) is 5.91 Å². The van der Waals surface area contributed by atoms with Crippen molar-refractivity contribution >= 4 is 22.6 Å². The van der Waals surface area contributed by atoms with E-state index in [1.165, 1.54) is 0 Å². The van der Waals surface area contributed by atoms with Crippen molar-refractivity contribution < 1.29 is 19.1 Å². The third-order valence-corrected chi connectivity index (χ3v) is 5.84. The topological polar surface area (TPSA) is 69.6 Å². The van der Waals surface area contributed by atoms with E-state index in [0.717, 1.165) is 34.4 Å². The molecule has 6 heteroatoms. The van der Waals surface area contributed by atoms with E-state index in [4.69, 9.17) is 9.47 Å². The molecule has 3 aromatic rings. The van der Waals surface area contributed by atoms with Gasteiger partial charge >= 0.3 is 0 Å². The van der Waals surface area contributed by atoms with Gasteiger partial charge in [-0.15, -0.1) is 0 Å². The number of fused-ring (bicyclic) bond motifs is 2. The minimum absolute atomic E-state index is 0.0765. The summed E-state index contributed by atoms with van der Waals surface area (Å²) >= 11 is 0. The zero-order valence-corrected chi connectivity index (χ0v) is 18.9. The molecule has 0 saturated carbocycles. The van der Waals surface area contributed by atoms with Gasteiger partial charge in [-0.25, -0.2) is 0 Å². The monoisotopic (exact) mass is 434 g/mol. The second-order valence-corrected chi connectivity index (χ2v) is 8.51. The van der Waals surface area contributed by atoms with Crippen LogP contribution in [0.5, 0.6) is 11.5 Å². The van der Waals surface area contributed by atoms with Crippen LogP contribution >= 0.6 is 0 Å². The summed E-state index contributed by atoms with van der Waals surface area (Å²) in [6.07, 6.45) is 3.08. The molecule has 0 radical (unpaired) electrons. The molecule has 0 saturated heterocycles. The van der Waals surface area contributed by atoms with Crippen LogP contribution in [0, 0.1) is 5.92 Å². The summed E-state index contributed by atoms with van der Waals surface area (Å²) in [6.45, 7) is 7.42. The molecular formula is C26H30N2O4. The summed E-state index contributed by atoms with van der Waals surface area (Å²) in [5, 5.41) is 4.06. The Bertz CT molecular complexity index is 1130. The van der Waals surface area contributed by atoms with Crippen LogP contribution in [0.1, 0.15) is 55.6 Å². The predicted octanol–water partition coefficient (Wildman–Crippen LogP) is 4.91. The molecule has 0 spiro atoms. The first-order valence-electron chi connectivity index (χ1n) is 11.3. The fraction of sp³-hybridized carbons (Fsp3) is 0.385. The van der Waals surface area contributed by atoms with E-state index >= 15 is 0 Å². The van der Waals surface area contributed by atoms with E-state index < -0.39 is 0 Å². The first-order chi connectivity index (χ1) is 15.5. The Morgan fingerprint density at radius 3 is 2.56 bits per heavy atom. The highest BCUT2D eigenvalue weighted by Gasteiger charge is 2.22. The zero-order valence-electron chi connectivity index (χ0n) is 18.9. The van der Waals surface area contributed by atoms with E-state index in [1.54, 1.807) is 6.20 Å². The number of carbonyl (C=O) groups excluding carboxylic acids is 2. The average molecular weight is 435 g/mol. The summed E-state index contributed by atoms with van der Waals surface area (Å²) < 4.78 is 13.4. The Hall–Kier alpha value is -3.28. The molecule has 1 aliphatic heterocycles. The molecule has 1 N–H and O–H groups in total. The van der Waals surface area contributed by atoms with Crippen molar-refractivity contribution in [1.29, 1.82) is 0 Å². The second kappa shape index (κ2) is 9.47. The number of nitrogens with one attached hydrogen (secondary N) is 1. The number of hydrogen-bond donors (Lipinski definition) is 1. The van der Waals surface area contributed by atoms with Crippen LogP contribution in [0.3, 0.4) is 0 Å². The number of Topliss-reactive ketones (excluding diaryl/α,β-unsaturated/α-hetero) is 1. The van der Waals surface area contributed by atoms with Crippen LogP contribution in [0.15, 0.2) is 48.7 Å². The Morgan fingerprint density at radius 2 is 1.81 bits per heavy atom. The molecule has 0 fully saturated rings. The maximum Gasteiger partial charge on any atom is 0.240 e. The first kappa shape index (κ1) is 21.9. The van der Waals surface area contributed by atoms with E-state index in [2.05, 4.69) is 19.2 Å². The molecule has 1 atom stereocenters. The quantitative estimate of drug-likeness (QED) is 0.537. The SMILES string of the molecule is CCC(=O)c1cn(CC(=O)NC(c2ccc3c(c2)OCCCO3)C(C)C)c2ccccc12. The number of para-hydroxylation sites is 1. The fourth-order valence-corrected chi connectivity index (χ4v) is 4.17. The smallest absolute Gasteiger partial charge is 0.240 e. The summed E-state index contributed by atoms with van der Waals surface area (Å²) in [5.41, 5.74) is 2.53. The second-order valence-electron chi connectivity index (χ2n) is 8.51. The van der Waals surface area contributed by atoms with Gasteiger partial charge in [0.1, 0.15) is 6.54 Å². The van der Waals surface area contributed by atoms with Gasteiger partial charge in [-0.3, -0.25) is 9.59 Å². The Balaban J connectivity index is 1.56. The van der Waals surface area contributed by atoms with Crippen molar-refractivity contribution in [2.24, 2.45) is 5.92 Å². The molecule has 168 valence electrons. The highest BCUT2D eigenvalue weighted by Crippen LogP contribution is 2.34. The van der Waals surface area contributed by atoms with Crippen LogP contribution in [-0.4, -0.2) is 29.5 Å². The number of ether oxygens (including phenoxy) is 2. The molecule has 1 unspecified atom stereocenters. The van der Waals surface area contributed by atoms with Crippen molar-refractivity contribution in [2.75, 3.05) is 13.2 Å². The number of benzene rings is 2. The molecule has 4 rings (SSSR count). The van der Waals surface area contributed by atoms with Crippen molar-refractivity contribution in [3.05, 3.63) is 59.8 Å². The summed E-state index contributed by atoms with van der Waals surface area (Å²) in [7, 11) is 0. The normalized spacial score (nSPS) is 14.2. The molecule has 1 aliphatic rings. The van der Waals surface area contributed by atoms with E-state index in [9.17, 15) is 9.59 Å². The molecular weight excluding hydrogens is 404 g/mol. The minimum Gasteiger partial charge on any atom is -0.490 e. The summed E-state index contributed by atoms with van der Waals surface area (Å²) in [5.74, 6) is 1.62. The fourth-order valence-electron chi connectivity index (χ4n) is 4.17. The number of nitrogens with zero attached hydrogens (tertiary/aromatic N) is 1.